The van der Waals surface area contributed by atoms with Crippen LogP contribution in [0.4, 0.5) is 11.4 Å². The molecule has 7 heteroatoms. The molecule has 154 valence electrons. The predicted molar refractivity (Wildman–Crippen MR) is 117 cm³/mol. The Morgan fingerprint density at radius 2 is 1.55 bits per heavy atom. The maximum Gasteiger partial charge on any atom is 0.291 e. The standard InChI is InChI=1S/C24H20N4O3/c29-23(21-15-20(16-8-9-16)27-28(21)19-5-2-1-3-6-19)25-17-10-12-18(13-11-17)26-24(30)22-7-4-14-31-22/h1-7,10-16H,8-9H2,(H,25,29)(H,26,30). The second-order valence-electron chi connectivity index (χ2n) is 7.44. The van der Waals surface area contributed by atoms with Crippen molar-refractivity contribution in [2.45, 2.75) is 18.8 Å². The molecule has 1 aliphatic carbocycles. The summed E-state index contributed by atoms with van der Waals surface area (Å²) in [5.41, 5.74) is 3.50. The molecule has 0 unspecified atom stereocenters. The van der Waals surface area contributed by atoms with Crippen LogP contribution >= 0.6 is 0 Å². The molecule has 7 nitrogen and oxygen atoms in total. The zero-order chi connectivity index (χ0) is 21.2. The lowest BCUT2D eigenvalue weighted by atomic mass is 10.2. The molecular formula is C24H20N4O3. The highest BCUT2D eigenvalue weighted by molar-refractivity contribution is 6.04. The minimum absolute atomic E-state index is 0.234. The van der Waals surface area contributed by atoms with Crippen LogP contribution in [0.3, 0.4) is 0 Å². The van der Waals surface area contributed by atoms with Crippen molar-refractivity contribution in [2.24, 2.45) is 0 Å². The Labute approximate surface area is 178 Å². The van der Waals surface area contributed by atoms with Gasteiger partial charge in [0.2, 0.25) is 0 Å². The van der Waals surface area contributed by atoms with Gasteiger partial charge in [0.25, 0.3) is 11.8 Å². The summed E-state index contributed by atoms with van der Waals surface area (Å²) in [6.07, 6.45) is 3.67. The minimum Gasteiger partial charge on any atom is -0.459 e. The first kappa shape index (κ1) is 18.9. The first-order chi connectivity index (χ1) is 15.2. The third-order valence-electron chi connectivity index (χ3n) is 5.10. The fourth-order valence-electron chi connectivity index (χ4n) is 3.34. The van der Waals surface area contributed by atoms with E-state index in [1.54, 1.807) is 41.1 Å². The van der Waals surface area contributed by atoms with Gasteiger partial charge in [-0.15, -0.1) is 0 Å². The summed E-state index contributed by atoms with van der Waals surface area (Å²) in [6, 6.07) is 21.7. The van der Waals surface area contributed by atoms with Crippen LogP contribution in [-0.4, -0.2) is 21.6 Å². The van der Waals surface area contributed by atoms with Gasteiger partial charge in [0.1, 0.15) is 5.69 Å². The molecule has 2 aromatic carbocycles. The second kappa shape index (κ2) is 7.95. The maximum absolute atomic E-state index is 13.0. The first-order valence-electron chi connectivity index (χ1n) is 10.1. The molecule has 2 aromatic heterocycles. The summed E-state index contributed by atoms with van der Waals surface area (Å²) in [4.78, 5) is 25.1. The number of carbonyl (C=O) groups excluding carboxylic acids is 2. The summed E-state index contributed by atoms with van der Waals surface area (Å²) < 4.78 is 6.78. The van der Waals surface area contributed by atoms with Gasteiger partial charge in [-0.05, 0) is 67.4 Å². The highest BCUT2D eigenvalue weighted by atomic mass is 16.3. The topological polar surface area (TPSA) is 89.2 Å². The molecule has 0 spiro atoms. The Morgan fingerprint density at radius 1 is 0.871 bits per heavy atom. The van der Waals surface area contributed by atoms with Gasteiger partial charge >= 0.3 is 0 Å². The summed E-state index contributed by atoms with van der Waals surface area (Å²) in [7, 11) is 0. The number of rotatable bonds is 6. The highest BCUT2D eigenvalue weighted by Crippen LogP contribution is 2.39. The number of carbonyl (C=O) groups is 2. The van der Waals surface area contributed by atoms with E-state index in [0.29, 0.717) is 23.0 Å². The third-order valence-corrected chi connectivity index (χ3v) is 5.10. The third kappa shape index (κ3) is 4.11. The van der Waals surface area contributed by atoms with Gasteiger partial charge in [-0.25, -0.2) is 4.68 Å². The van der Waals surface area contributed by atoms with Crippen molar-refractivity contribution in [1.82, 2.24) is 9.78 Å². The van der Waals surface area contributed by atoms with Gasteiger partial charge in [-0.2, -0.15) is 5.10 Å². The Hall–Kier alpha value is -4.13. The van der Waals surface area contributed by atoms with E-state index in [-0.39, 0.29) is 17.6 Å². The number of nitrogens with one attached hydrogen (secondary N) is 2. The van der Waals surface area contributed by atoms with Gasteiger partial charge in [-0.3, -0.25) is 9.59 Å². The summed E-state index contributed by atoms with van der Waals surface area (Å²) in [5, 5.41) is 10.3. The number of amides is 2. The van der Waals surface area contributed by atoms with E-state index in [4.69, 9.17) is 4.42 Å². The number of benzene rings is 2. The number of hydrogen-bond acceptors (Lipinski definition) is 4. The lowest BCUT2D eigenvalue weighted by Gasteiger charge is -2.09. The normalized spacial score (nSPS) is 13.0. The van der Waals surface area contributed by atoms with Gasteiger partial charge in [0, 0.05) is 17.3 Å². The number of aromatic nitrogens is 2. The maximum atomic E-state index is 13.0. The van der Waals surface area contributed by atoms with Crippen LogP contribution in [0.5, 0.6) is 0 Å². The molecule has 0 radical (unpaired) electrons. The van der Waals surface area contributed by atoms with Gasteiger partial charge in [0.05, 0.1) is 17.6 Å². The van der Waals surface area contributed by atoms with E-state index in [9.17, 15) is 9.59 Å². The fraction of sp³-hybridized carbons (Fsp3) is 0.125. The lowest BCUT2D eigenvalue weighted by molar-refractivity contribution is 0.0993. The molecule has 0 atom stereocenters. The molecule has 0 aliphatic heterocycles. The lowest BCUT2D eigenvalue weighted by Crippen LogP contribution is -2.17. The fourth-order valence-corrected chi connectivity index (χ4v) is 3.34. The van der Waals surface area contributed by atoms with Crippen molar-refractivity contribution in [2.75, 3.05) is 10.6 Å². The zero-order valence-corrected chi connectivity index (χ0v) is 16.6. The van der Waals surface area contributed by atoms with Gasteiger partial charge < -0.3 is 15.1 Å². The molecule has 2 N–H and O–H groups in total. The van der Waals surface area contributed by atoms with Crippen LogP contribution < -0.4 is 10.6 Å². The van der Waals surface area contributed by atoms with E-state index in [2.05, 4.69) is 15.7 Å². The van der Waals surface area contributed by atoms with Gasteiger partial charge in [0.15, 0.2) is 5.76 Å². The number of furan rings is 1. The molecular weight excluding hydrogens is 392 g/mol. The molecule has 31 heavy (non-hydrogen) atoms. The van der Waals surface area contributed by atoms with Gasteiger partial charge in [-0.1, -0.05) is 18.2 Å². The number of para-hydroxylation sites is 1. The monoisotopic (exact) mass is 412 g/mol. The smallest absolute Gasteiger partial charge is 0.291 e. The van der Waals surface area contributed by atoms with E-state index >= 15 is 0 Å². The largest absolute Gasteiger partial charge is 0.459 e. The molecule has 2 amide bonds. The van der Waals surface area contributed by atoms with Crippen molar-refractivity contribution in [3.8, 4) is 5.69 Å². The van der Waals surface area contributed by atoms with Crippen LogP contribution in [0.2, 0.25) is 0 Å². The van der Waals surface area contributed by atoms with Crippen LogP contribution in [0.15, 0.2) is 83.5 Å². The average Bonchev–Trinajstić information content (AvgIpc) is 3.31. The Kier molecular flexibility index (Phi) is 4.84. The van der Waals surface area contributed by atoms with Crippen LogP contribution in [-0.2, 0) is 0 Å². The Bertz CT molecular complexity index is 1210. The van der Waals surface area contributed by atoms with Crippen LogP contribution in [0.1, 0.15) is 45.5 Å². The summed E-state index contributed by atoms with van der Waals surface area (Å²) in [5.74, 6) is 0.100. The van der Waals surface area contributed by atoms with E-state index in [0.717, 1.165) is 24.2 Å². The molecule has 0 bridgehead atoms. The van der Waals surface area contributed by atoms with Crippen LogP contribution in [0, 0.1) is 0 Å². The van der Waals surface area contributed by atoms with Crippen molar-refractivity contribution >= 4 is 23.2 Å². The second-order valence-corrected chi connectivity index (χ2v) is 7.44. The quantitative estimate of drug-likeness (QED) is 0.474. The molecule has 5 rings (SSSR count). The van der Waals surface area contributed by atoms with E-state index in [1.807, 2.05) is 36.4 Å². The average molecular weight is 412 g/mol. The highest BCUT2D eigenvalue weighted by Gasteiger charge is 2.29. The van der Waals surface area contributed by atoms with Crippen molar-refractivity contribution in [3.05, 3.63) is 96.2 Å². The molecule has 1 aliphatic rings. The number of anilines is 2. The van der Waals surface area contributed by atoms with Crippen molar-refractivity contribution in [3.63, 3.8) is 0 Å². The Balaban J connectivity index is 1.33. The zero-order valence-electron chi connectivity index (χ0n) is 16.6. The molecule has 1 fully saturated rings. The summed E-state index contributed by atoms with van der Waals surface area (Å²) >= 11 is 0. The first-order valence-corrected chi connectivity index (χ1v) is 10.1. The number of hydrogen-bond donors (Lipinski definition) is 2. The number of nitrogens with zero attached hydrogens (tertiary/aromatic N) is 2. The molecule has 1 saturated carbocycles. The molecule has 0 saturated heterocycles. The minimum atomic E-state index is -0.332. The predicted octanol–water partition coefficient (Wildman–Crippen LogP) is 4.85. The van der Waals surface area contributed by atoms with E-state index < -0.39 is 0 Å². The van der Waals surface area contributed by atoms with E-state index in [1.165, 1.54) is 6.26 Å². The SMILES string of the molecule is O=C(Nc1ccc(NC(=O)c2cc(C3CC3)nn2-c2ccccc2)cc1)c1ccco1. The van der Waals surface area contributed by atoms with Crippen molar-refractivity contribution < 1.29 is 14.0 Å². The van der Waals surface area contributed by atoms with Crippen molar-refractivity contribution in [1.29, 1.82) is 0 Å². The van der Waals surface area contributed by atoms with Crippen LogP contribution in [0.25, 0.3) is 5.69 Å². The molecule has 2 heterocycles. The Morgan fingerprint density at radius 3 is 2.16 bits per heavy atom. The summed E-state index contributed by atoms with van der Waals surface area (Å²) in [6.45, 7) is 0. The molecule has 4 aromatic rings.